The molecule has 0 radical (unpaired) electrons. The van der Waals surface area contributed by atoms with Crippen molar-refractivity contribution in [3.8, 4) is 17.2 Å². The Morgan fingerprint density at radius 1 is 1.02 bits per heavy atom. The molecule has 47 heavy (non-hydrogen) atoms. The van der Waals surface area contributed by atoms with Gasteiger partial charge in [0.05, 0.1) is 17.1 Å². The van der Waals surface area contributed by atoms with Gasteiger partial charge in [0.2, 0.25) is 5.91 Å². The number of nitrogens with zero attached hydrogens (tertiary/aromatic N) is 5. The van der Waals surface area contributed by atoms with Crippen LogP contribution >= 0.6 is 11.8 Å². The number of urea groups is 1. The molecule has 0 atom stereocenters. The van der Waals surface area contributed by atoms with E-state index >= 15 is 0 Å². The van der Waals surface area contributed by atoms with Gasteiger partial charge in [0.1, 0.15) is 17.8 Å². The summed E-state index contributed by atoms with van der Waals surface area (Å²) < 4.78 is 85.6. The molecule has 10 nitrogen and oxygen atoms in total. The van der Waals surface area contributed by atoms with E-state index in [0.717, 1.165) is 28.8 Å². The molecule has 1 aliphatic heterocycles. The van der Waals surface area contributed by atoms with Crippen molar-refractivity contribution in [2.24, 2.45) is 4.99 Å². The molecule has 0 bridgehead atoms. The molecule has 0 aliphatic carbocycles. The maximum atomic E-state index is 12.8. The first-order valence-electron chi connectivity index (χ1n) is 13.4. The molecule has 1 fully saturated rings. The third kappa shape index (κ3) is 9.12. The summed E-state index contributed by atoms with van der Waals surface area (Å²) in [5.41, 5.74) is 2.25. The van der Waals surface area contributed by atoms with Gasteiger partial charge in [-0.15, -0.1) is 18.3 Å². The highest BCUT2D eigenvalue weighted by molar-refractivity contribution is 8.15. The zero-order valence-corrected chi connectivity index (χ0v) is 24.9. The van der Waals surface area contributed by atoms with Crippen LogP contribution in [0.25, 0.3) is 17.8 Å². The van der Waals surface area contributed by atoms with Gasteiger partial charge in [-0.3, -0.25) is 9.69 Å². The quantitative estimate of drug-likeness (QED) is 0.196. The molecule has 1 aromatic heterocycles. The molecule has 4 aromatic rings. The zero-order valence-electron chi connectivity index (χ0n) is 24.0. The van der Waals surface area contributed by atoms with Crippen molar-refractivity contribution < 1.29 is 45.4 Å². The van der Waals surface area contributed by atoms with E-state index in [9.17, 15) is 35.9 Å². The number of carbonyl (C=O) groups is 2. The minimum atomic E-state index is -4.79. The summed E-state index contributed by atoms with van der Waals surface area (Å²) in [5.74, 6) is -0.778. The van der Waals surface area contributed by atoms with Crippen molar-refractivity contribution in [3.63, 3.8) is 0 Å². The number of halogens is 6. The molecule has 0 unspecified atom stereocenters. The summed E-state index contributed by atoms with van der Waals surface area (Å²) in [7, 11) is 0. The third-order valence-corrected chi connectivity index (χ3v) is 7.06. The number of alkyl halides is 6. The van der Waals surface area contributed by atoms with E-state index in [1.165, 1.54) is 41.3 Å². The zero-order chi connectivity index (χ0) is 33.8. The number of benzene rings is 3. The van der Waals surface area contributed by atoms with E-state index < -0.39 is 31.1 Å². The Balaban J connectivity index is 1.22. The number of anilines is 2. The van der Waals surface area contributed by atoms with Gasteiger partial charge in [-0.2, -0.15) is 18.2 Å². The standard InChI is InChI=1S/C30H22F6N6O4S/c1-18-2-12-24(45-16-29(31,32)33)23(14-18)42-26(43)15-47-28(42)39-27(44)38-20-6-3-19(4-7-20)5-13-25-37-17-41(40-25)21-8-10-22(11-9-21)46-30(34,35)36/h2-14,17H,15-16H2,1H3,(H,38,44). The highest BCUT2D eigenvalue weighted by atomic mass is 32.2. The van der Waals surface area contributed by atoms with Crippen LogP contribution in [-0.2, 0) is 4.79 Å². The number of rotatable bonds is 8. The molecule has 5 rings (SSSR count). The minimum absolute atomic E-state index is 0.0213. The van der Waals surface area contributed by atoms with Gasteiger partial charge in [-0.25, -0.2) is 14.5 Å². The van der Waals surface area contributed by atoms with Crippen LogP contribution in [0, 0.1) is 6.92 Å². The monoisotopic (exact) mass is 676 g/mol. The number of nitrogens with one attached hydrogen (secondary N) is 1. The Kier molecular flexibility index (Phi) is 9.55. The van der Waals surface area contributed by atoms with E-state index in [4.69, 9.17) is 4.74 Å². The van der Waals surface area contributed by atoms with Crippen LogP contribution < -0.4 is 19.7 Å². The molecule has 1 N–H and O–H groups in total. The number of aromatic nitrogens is 3. The summed E-state index contributed by atoms with van der Waals surface area (Å²) in [6, 6.07) is 15.2. The van der Waals surface area contributed by atoms with Crippen LogP contribution in [0.2, 0.25) is 0 Å². The summed E-state index contributed by atoms with van der Waals surface area (Å²) >= 11 is 0.959. The topological polar surface area (TPSA) is 111 Å². The smallest absolute Gasteiger partial charge is 0.482 e. The lowest BCUT2D eigenvalue weighted by Gasteiger charge is -2.21. The number of thioether (sulfide) groups is 1. The Morgan fingerprint density at radius 3 is 2.43 bits per heavy atom. The lowest BCUT2D eigenvalue weighted by molar-refractivity contribution is -0.274. The molecular weight excluding hydrogens is 654 g/mol. The van der Waals surface area contributed by atoms with Crippen LogP contribution in [0.15, 0.2) is 78.0 Å². The van der Waals surface area contributed by atoms with Crippen LogP contribution in [0.1, 0.15) is 17.0 Å². The minimum Gasteiger partial charge on any atom is -0.482 e. The van der Waals surface area contributed by atoms with Gasteiger partial charge in [-0.1, -0.05) is 36.0 Å². The van der Waals surface area contributed by atoms with Crippen molar-refractivity contribution in [2.75, 3.05) is 22.6 Å². The highest BCUT2D eigenvalue weighted by Crippen LogP contribution is 2.36. The van der Waals surface area contributed by atoms with Gasteiger partial charge in [0.25, 0.3) is 0 Å². The number of aryl methyl sites for hydroxylation is 1. The molecular formula is C30H22F6N6O4S. The van der Waals surface area contributed by atoms with Crippen LogP contribution in [0.3, 0.4) is 0 Å². The van der Waals surface area contributed by atoms with Crippen LogP contribution in [0.5, 0.6) is 11.5 Å². The fraction of sp³-hybridized carbons (Fsp3) is 0.167. The van der Waals surface area contributed by atoms with Crippen molar-refractivity contribution in [1.29, 1.82) is 0 Å². The maximum Gasteiger partial charge on any atom is 0.573 e. The van der Waals surface area contributed by atoms with E-state index in [0.29, 0.717) is 28.3 Å². The number of amides is 3. The first-order valence-corrected chi connectivity index (χ1v) is 14.4. The predicted octanol–water partition coefficient (Wildman–Crippen LogP) is 7.25. The number of aliphatic imine (C=N–C) groups is 1. The van der Waals surface area contributed by atoms with Gasteiger partial charge < -0.3 is 14.8 Å². The Labute approximate surface area is 266 Å². The summed E-state index contributed by atoms with van der Waals surface area (Å²) in [5, 5.41) is 6.83. The van der Waals surface area contributed by atoms with Gasteiger partial charge in [0.15, 0.2) is 17.6 Å². The molecule has 17 heteroatoms. The number of hydrogen-bond donors (Lipinski definition) is 1. The fourth-order valence-electron chi connectivity index (χ4n) is 4.13. The predicted molar refractivity (Wildman–Crippen MR) is 163 cm³/mol. The van der Waals surface area contributed by atoms with Crippen LogP contribution in [0.4, 0.5) is 42.5 Å². The van der Waals surface area contributed by atoms with E-state index in [-0.39, 0.29) is 28.1 Å². The van der Waals surface area contributed by atoms with E-state index in [2.05, 4.69) is 25.1 Å². The molecule has 3 amide bonds. The number of amidine groups is 1. The first-order chi connectivity index (χ1) is 22.2. The van der Waals surface area contributed by atoms with Crippen molar-refractivity contribution >= 4 is 52.4 Å². The average Bonchev–Trinajstić information content (AvgIpc) is 3.61. The largest absolute Gasteiger partial charge is 0.573 e. The summed E-state index contributed by atoms with van der Waals surface area (Å²) in [4.78, 5) is 34.6. The van der Waals surface area contributed by atoms with Gasteiger partial charge >= 0.3 is 18.6 Å². The molecule has 0 spiro atoms. The Hall–Kier alpha value is -5.32. The Bertz CT molecular complexity index is 1820. The number of hydrogen-bond acceptors (Lipinski definition) is 7. The highest BCUT2D eigenvalue weighted by Gasteiger charge is 2.34. The number of carbonyl (C=O) groups excluding carboxylic acids is 2. The Morgan fingerprint density at radius 2 is 1.74 bits per heavy atom. The SMILES string of the molecule is Cc1ccc(OCC(F)(F)F)c(N2C(=O)CSC2=NC(=O)Nc2ccc(C=Cc3ncn(-c4ccc(OC(F)(F)F)cc4)n3)cc2)c1. The van der Waals surface area contributed by atoms with E-state index in [1.807, 2.05) is 0 Å². The average molecular weight is 677 g/mol. The lowest BCUT2D eigenvalue weighted by atomic mass is 10.2. The van der Waals surface area contributed by atoms with Gasteiger partial charge in [-0.05, 0) is 72.7 Å². The second kappa shape index (κ2) is 13.6. The van der Waals surface area contributed by atoms with Crippen molar-refractivity contribution in [2.45, 2.75) is 19.5 Å². The molecule has 2 heterocycles. The molecule has 244 valence electrons. The fourth-order valence-corrected chi connectivity index (χ4v) is 4.99. The van der Waals surface area contributed by atoms with Crippen LogP contribution in [-0.4, -0.2) is 56.8 Å². The van der Waals surface area contributed by atoms with Crippen molar-refractivity contribution in [3.05, 3.63) is 90.0 Å². The van der Waals surface area contributed by atoms with Gasteiger partial charge in [0, 0.05) is 5.69 Å². The summed E-state index contributed by atoms with van der Waals surface area (Å²) in [6.07, 6.45) is -4.68. The number of ether oxygens (including phenoxy) is 2. The lowest BCUT2D eigenvalue weighted by Crippen LogP contribution is -2.31. The normalized spacial score (nSPS) is 14.7. The van der Waals surface area contributed by atoms with E-state index in [1.54, 1.807) is 43.3 Å². The second-order valence-electron chi connectivity index (χ2n) is 9.76. The van der Waals surface area contributed by atoms with Crippen molar-refractivity contribution in [1.82, 2.24) is 14.8 Å². The molecule has 3 aromatic carbocycles. The maximum absolute atomic E-state index is 12.8. The third-order valence-electron chi connectivity index (χ3n) is 6.14. The first kappa shape index (κ1) is 33.1. The second-order valence-corrected chi connectivity index (χ2v) is 10.7. The molecule has 1 saturated heterocycles. The summed E-state index contributed by atoms with van der Waals surface area (Å²) in [6.45, 7) is 0.136. The molecule has 1 aliphatic rings. The molecule has 0 saturated carbocycles.